The number of unbranched alkanes of at least 4 members (excludes halogenated alkanes) is 4. The predicted molar refractivity (Wildman–Crippen MR) is 231 cm³/mol. The first-order valence-electron chi connectivity index (χ1n) is 19.2. The van der Waals surface area contributed by atoms with Crippen molar-refractivity contribution >= 4 is 57.8 Å². The van der Waals surface area contributed by atoms with Crippen LogP contribution < -0.4 is 5.32 Å². The number of amides is 2. The molecular weight excluding hydrogens is 699 g/mol. The Morgan fingerprint density at radius 2 is 1.40 bits per heavy atom. The Morgan fingerprint density at radius 3 is 1.94 bits per heavy atom. The molecule has 0 aliphatic carbocycles. The van der Waals surface area contributed by atoms with E-state index in [1.807, 2.05) is 106 Å². The van der Waals surface area contributed by atoms with Gasteiger partial charge in [0.1, 0.15) is 4.32 Å². The average Bonchev–Trinajstić information content (AvgIpc) is 3.44. The van der Waals surface area contributed by atoms with Crippen LogP contribution in [0.25, 0.3) is 6.08 Å². The van der Waals surface area contributed by atoms with E-state index in [0.717, 1.165) is 24.1 Å². The van der Waals surface area contributed by atoms with Crippen molar-refractivity contribution in [2.24, 2.45) is 0 Å². The quantitative estimate of drug-likeness (QED) is 0.0473. The Bertz CT molecular complexity index is 1430. The number of nitrogens with one attached hydrogen (secondary N) is 1. The number of carbonyl (C=O) groups is 3. The smallest absolute Gasteiger partial charge is 0.307 e. The number of anilines is 1. The minimum atomic E-state index is -0.287. The lowest BCUT2D eigenvalue weighted by Gasteiger charge is -2.21. The second-order valence-corrected chi connectivity index (χ2v) is 14.1. The van der Waals surface area contributed by atoms with E-state index in [-0.39, 0.29) is 30.7 Å². The molecule has 7 nitrogen and oxygen atoms in total. The second-order valence-electron chi connectivity index (χ2n) is 12.4. The number of carbonyl (C=O) groups excluding carboxylic acids is 3. The number of hydrogen-bond acceptors (Lipinski definition) is 7. The highest BCUT2D eigenvalue weighted by molar-refractivity contribution is 8.26. The zero-order chi connectivity index (χ0) is 39.1. The Morgan fingerprint density at radius 1 is 0.811 bits per heavy atom. The van der Waals surface area contributed by atoms with Crippen molar-refractivity contribution in [1.82, 2.24) is 9.80 Å². The van der Waals surface area contributed by atoms with Crippen LogP contribution >= 0.6 is 24.0 Å². The van der Waals surface area contributed by atoms with E-state index in [0.29, 0.717) is 21.4 Å². The van der Waals surface area contributed by atoms with Crippen molar-refractivity contribution in [3.05, 3.63) is 107 Å². The molecule has 53 heavy (non-hydrogen) atoms. The lowest BCUT2D eigenvalue weighted by molar-refractivity contribution is -0.144. The summed E-state index contributed by atoms with van der Waals surface area (Å²) in [5.74, 6) is -0.524. The maximum atomic E-state index is 12.1. The van der Waals surface area contributed by atoms with Crippen molar-refractivity contribution in [3.8, 4) is 0 Å². The number of hydrogen-bond donors (Lipinski definition) is 1. The van der Waals surface area contributed by atoms with Gasteiger partial charge in [-0.2, -0.15) is 0 Å². The molecule has 0 bridgehead atoms. The van der Waals surface area contributed by atoms with Crippen LogP contribution in [0.15, 0.2) is 96.0 Å². The van der Waals surface area contributed by atoms with Crippen LogP contribution in [0, 0.1) is 0 Å². The Kier molecular flexibility index (Phi) is 27.3. The fourth-order valence-electron chi connectivity index (χ4n) is 4.72. The number of ether oxygens (including phenoxy) is 1. The van der Waals surface area contributed by atoms with Gasteiger partial charge in [-0.05, 0) is 95.1 Å². The fraction of sp³-hybridized carbons (Fsp3) is 0.455. The van der Waals surface area contributed by atoms with E-state index in [4.69, 9.17) is 17.0 Å². The number of nitrogens with zero attached hydrogens (tertiary/aromatic N) is 2. The van der Waals surface area contributed by atoms with Gasteiger partial charge in [-0.3, -0.25) is 19.3 Å². The van der Waals surface area contributed by atoms with Crippen LogP contribution in [0.3, 0.4) is 0 Å². The normalized spacial score (nSPS) is 13.5. The molecule has 0 aromatic heterocycles. The summed E-state index contributed by atoms with van der Waals surface area (Å²) in [7, 11) is 0. The lowest BCUT2D eigenvalue weighted by Crippen LogP contribution is -2.30. The Balaban J connectivity index is 0.000000409. The van der Waals surface area contributed by atoms with Crippen molar-refractivity contribution in [2.75, 3.05) is 38.1 Å². The third-order valence-electron chi connectivity index (χ3n) is 7.89. The van der Waals surface area contributed by atoms with Gasteiger partial charge >= 0.3 is 5.97 Å². The number of thioether (sulfide) groups is 1. The molecule has 1 heterocycles. The summed E-state index contributed by atoms with van der Waals surface area (Å²) in [6.45, 7) is 17.4. The molecule has 2 aromatic carbocycles. The van der Waals surface area contributed by atoms with Gasteiger partial charge in [0.2, 0.25) is 0 Å². The number of benzene rings is 2. The fourth-order valence-corrected chi connectivity index (χ4v) is 5.98. The van der Waals surface area contributed by atoms with Crippen LogP contribution in [0.1, 0.15) is 115 Å². The standard InChI is InChI=1S/C18H17NO.C14H19NO3S2.C12H27N/c1-2-3-5-8-15-11-13-16(14-12-15)18(20)19-17-9-6-4-7-10-17;1-3-5-7-11-13(17)15(14(19)20-11)9-8-12(16)18-10-6-4-2;1-4-7-10-13(11-8-5-2)12-9-6-3/h2-14H,1H3,(H,19,20);3,5,7H,4,6,8-10H2,1-2H3;4-12H2,1-3H3/b;5-3?,11-7+;. The first-order valence-corrected chi connectivity index (χ1v) is 20.5. The molecule has 0 spiro atoms. The van der Waals surface area contributed by atoms with Crippen LogP contribution in [0.5, 0.6) is 0 Å². The van der Waals surface area contributed by atoms with Crippen molar-refractivity contribution in [3.63, 3.8) is 0 Å². The van der Waals surface area contributed by atoms with Crippen molar-refractivity contribution in [2.45, 2.75) is 99.3 Å². The zero-order valence-corrected chi connectivity index (χ0v) is 34.6. The van der Waals surface area contributed by atoms with Crippen LogP contribution in [-0.2, 0) is 14.3 Å². The highest BCUT2D eigenvalue weighted by atomic mass is 32.2. The molecule has 1 aliphatic heterocycles. The molecule has 1 aliphatic rings. The first-order chi connectivity index (χ1) is 25.7. The number of rotatable bonds is 20. The molecule has 1 saturated heterocycles. The number of para-hydroxylation sites is 1. The molecule has 1 N–H and O–H groups in total. The summed E-state index contributed by atoms with van der Waals surface area (Å²) in [5.41, 5.74) is 2.52. The summed E-state index contributed by atoms with van der Waals surface area (Å²) in [6.07, 6.45) is 23.4. The van der Waals surface area contributed by atoms with E-state index >= 15 is 0 Å². The number of allylic oxidation sites excluding steroid dienone is 6. The monoisotopic (exact) mass is 761 g/mol. The molecular formula is C44H63N3O4S2. The van der Waals surface area contributed by atoms with E-state index in [1.54, 1.807) is 12.2 Å². The zero-order valence-electron chi connectivity index (χ0n) is 33.0. The SMILES string of the molecule is CC=C/C=C1/SC(=S)N(CCC(=O)OCCCC)C1=O.CC=CC=Cc1ccc(C(=O)Nc2ccccc2)cc1.CCCCN(CCCC)CCCC. The van der Waals surface area contributed by atoms with Gasteiger partial charge in [0.15, 0.2) is 0 Å². The molecule has 9 heteroatoms. The van der Waals surface area contributed by atoms with E-state index in [1.165, 1.54) is 74.8 Å². The molecule has 2 aromatic rings. The molecule has 0 radical (unpaired) electrons. The van der Waals surface area contributed by atoms with Crippen molar-refractivity contribution < 1.29 is 19.1 Å². The van der Waals surface area contributed by atoms with Gasteiger partial charge < -0.3 is 15.0 Å². The number of thiocarbonyl (C=S) groups is 1. The van der Waals surface area contributed by atoms with Gasteiger partial charge in [0.05, 0.1) is 17.9 Å². The first kappa shape index (κ1) is 47.2. The van der Waals surface area contributed by atoms with Crippen molar-refractivity contribution in [1.29, 1.82) is 0 Å². The van der Waals surface area contributed by atoms with Gasteiger partial charge in [0, 0.05) is 17.8 Å². The van der Waals surface area contributed by atoms with Gasteiger partial charge in [-0.1, -0.05) is 144 Å². The third kappa shape index (κ3) is 21.5. The summed E-state index contributed by atoms with van der Waals surface area (Å²) >= 11 is 6.41. The summed E-state index contributed by atoms with van der Waals surface area (Å²) in [6, 6.07) is 17.0. The molecule has 0 saturated carbocycles. The van der Waals surface area contributed by atoms with Crippen LogP contribution in [0.4, 0.5) is 5.69 Å². The van der Waals surface area contributed by atoms with E-state index in [9.17, 15) is 14.4 Å². The average molecular weight is 762 g/mol. The maximum Gasteiger partial charge on any atom is 0.307 e. The second kappa shape index (κ2) is 30.6. The topological polar surface area (TPSA) is 78.9 Å². The molecule has 0 atom stereocenters. The predicted octanol–water partition coefficient (Wildman–Crippen LogP) is 11.3. The van der Waals surface area contributed by atoms with E-state index in [2.05, 4.69) is 31.0 Å². The van der Waals surface area contributed by atoms with Gasteiger partial charge in [-0.15, -0.1) is 0 Å². The van der Waals surface area contributed by atoms with Crippen LogP contribution in [-0.4, -0.2) is 64.7 Å². The lowest BCUT2D eigenvalue weighted by atomic mass is 10.1. The number of esters is 1. The minimum absolute atomic E-state index is 0.0971. The largest absolute Gasteiger partial charge is 0.466 e. The highest BCUT2D eigenvalue weighted by Crippen LogP contribution is 2.31. The molecule has 290 valence electrons. The molecule has 2 amide bonds. The highest BCUT2D eigenvalue weighted by Gasteiger charge is 2.31. The summed E-state index contributed by atoms with van der Waals surface area (Å²) in [5, 5.41) is 2.86. The summed E-state index contributed by atoms with van der Waals surface area (Å²) in [4.78, 5) is 40.3. The summed E-state index contributed by atoms with van der Waals surface area (Å²) < 4.78 is 5.54. The molecule has 1 fully saturated rings. The Hall–Kier alpha value is -3.79. The van der Waals surface area contributed by atoms with Gasteiger partial charge in [-0.25, -0.2) is 0 Å². The molecule has 3 rings (SSSR count). The van der Waals surface area contributed by atoms with Gasteiger partial charge in [0.25, 0.3) is 11.8 Å². The van der Waals surface area contributed by atoms with Crippen LogP contribution in [0.2, 0.25) is 0 Å². The maximum absolute atomic E-state index is 12.1. The van der Waals surface area contributed by atoms with E-state index < -0.39 is 0 Å². The third-order valence-corrected chi connectivity index (χ3v) is 9.29. The minimum Gasteiger partial charge on any atom is -0.466 e. The molecule has 0 unspecified atom stereocenters. The Labute approximate surface area is 330 Å².